The molecule has 0 heterocycles. The zero-order valence-corrected chi connectivity index (χ0v) is 11.7. The van der Waals surface area contributed by atoms with Crippen LogP contribution in [0.1, 0.15) is 15.9 Å². The van der Waals surface area contributed by atoms with Gasteiger partial charge in [0.25, 0.3) is 5.91 Å². The van der Waals surface area contributed by atoms with E-state index < -0.39 is 17.7 Å². The van der Waals surface area contributed by atoms with Crippen molar-refractivity contribution in [2.75, 3.05) is 5.32 Å². The van der Waals surface area contributed by atoms with Crippen LogP contribution in [0.2, 0.25) is 0 Å². The quantitative estimate of drug-likeness (QED) is 0.687. The zero-order chi connectivity index (χ0) is 16.8. The van der Waals surface area contributed by atoms with E-state index in [4.69, 9.17) is 5.26 Å². The Hall–Kier alpha value is -3.46. The number of aromatic carboxylic acids is 1. The van der Waals surface area contributed by atoms with Gasteiger partial charge in [-0.05, 0) is 29.8 Å². The van der Waals surface area contributed by atoms with Crippen molar-refractivity contribution in [3.05, 3.63) is 71.0 Å². The first-order valence-electron chi connectivity index (χ1n) is 6.50. The highest BCUT2D eigenvalue weighted by atomic mass is 19.1. The van der Waals surface area contributed by atoms with E-state index >= 15 is 0 Å². The van der Waals surface area contributed by atoms with Crippen LogP contribution >= 0.6 is 0 Å². The van der Waals surface area contributed by atoms with Crippen molar-refractivity contribution in [3.63, 3.8) is 0 Å². The molecule has 0 aliphatic heterocycles. The number of nitriles is 1. The van der Waals surface area contributed by atoms with E-state index in [1.54, 1.807) is 6.07 Å². The number of nitrogens with zero attached hydrogens (tertiary/aromatic N) is 1. The molecule has 0 aliphatic carbocycles. The second-order valence-electron chi connectivity index (χ2n) is 4.51. The van der Waals surface area contributed by atoms with Gasteiger partial charge in [0.05, 0.1) is 11.7 Å². The fraction of sp³-hybridized carbons (Fsp3) is 0. The summed E-state index contributed by atoms with van der Waals surface area (Å²) in [6.45, 7) is 0. The highest BCUT2D eigenvalue weighted by Crippen LogP contribution is 2.16. The molecule has 0 spiro atoms. The van der Waals surface area contributed by atoms with Crippen LogP contribution in [0.15, 0.2) is 54.1 Å². The van der Waals surface area contributed by atoms with Gasteiger partial charge in [0.1, 0.15) is 17.5 Å². The SMILES string of the molecule is N#CC(=Cc1ccc(F)cc1)C(=O)Nc1ccccc1C(=O)[O-]. The van der Waals surface area contributed by atoms with E-state index in [0.29, 0.717) is 5.56 Å². The summed E-state index contributed by atoms with van der Waals surface area (Å²) in [7, 11) is 0. The van der Waals surface area contributed by atoms with Crippen LogP contribution in [-0.4, -0.2) is 11.9 Å². The van der Waals surface area contributed by atoms with Crippen LogP contribution < -0.4 is 10.4 Å². The summed E-state index contributed by atoms with van der Waals surface area (Å²) >= 11 is 0. The Morgan fingerprint density at radius 1 is 1.13 bits per heavy atom. The lowest BCUT2D eigenvalue weighted by Crippen LogP contribution is -2.25. The number of hydrogen-bond acceptors (Lipinski definition) is 4. The van der Waals surface area contributed by atoms with E-state index in [1.807, 2.05) is 0 Å². The Balaban J connectivity index is 2.27. The van der Waals surface area contributed by atoms with Crippen LogP contribution in [-0.2, 0) is 4.79 Å². The van der Waals surface area contributed by atoms with Crippen molar-refractivity contribution in [1.82, 2.24) is 0 Å². The van der Waals surface area contributed by atoms with Gasteiger partial charge in [-0.2, -0.15) is 5.26 Å². The smallest absolute Gasteiger partial charge is 0.266 e. The Labute approximate surface area is 131 Å². The maximum atomic E-state index is 12.8. The summed E-state index contributed by atoms with van der Waals surface area (Å²) in [5, 5.41) is 22.4. The van der Waals surface area contributed by atoms with E-state index in [1.165, 1.54) is 54.6 Å². The number of rotatable bonds is 4. The van der Waals surface area contributed by atoms with E-state index in [-0.39, 0.29) is 16.8 Å². The van der Waals surface area contributed by atoms with Gasteiger partial charge in [0, 0.05) is 5.56 Å². The van der Waals surface area contributed by atoms with Crippen molar-refractivity contribution in [1.29, 1.82) is 5.26 Å². The topological polar surface area (TPSA) is 93.0 Å². The molecule has 1 amide bonds. The summed E-state index contributed by atoms with van der Waals surface area (Å²) in [5.41, 5.74) is 0.0497. The molecular formula is C17H10FN2O3-. The minimum absolute atomic E-state index is 0.0257. The first kappa shape index (κ1) is 15.9. The molecule has 0 saturated carbocycles. The maximum Gasteiger partial charge on any atom is 0.266 e. The molecule has 1 N–H and O–H groups in total. The number of carbonyl (C=O) groups excluding carboxylic acids is 2. The lowest BCUT2D eigenvalue weighted by atomic mass is 10.1. The first-order valence-corrected chi connectivity index (χ1v) is 6.50. The van der Waals surface area contributed by atoms with Crippen LogP contribution in [0.4, 0.5) is 10.1 Å². The van der Waals surface area contributed by atoms with Gasteiger partial charge >= 0.3 is 0 Å². The van der Waals surface area contributed by atoms with E-state index in [2.05, 4.69) is 5.32 Å². The molecule has 6 heteroatoms. The lowest BCUT2D eigenvalue weighted by molar-refractivity contribution is -0.254. The number of nitrogens with one attached hydrogen (secondary N) is 1. The van der Waals surface area contributed by atoms with Crippen LogP contribution in [0.5, 0.6) is 0 Å². The van der Waals surface area contributed by atoms with Crippen molar-refractivity contribution in [3.8, 4) is 6.07 Å². The molecule has 23 heavy (non-hydrogen) atoms. The second kappa shape index (κ2) is 7.00. The summed E-state index contributed by atoms with van der Waals surface area (Å²) in [6.07, 6.45) is 1.27. The molecular weight excluding hydrogens is 299 g/mol. The van der Waals surface area contributed by atoms with Crippen molar-refractivity contribution in [2.24, 2.45) is 0 Å². The van der Waals surface area contributed by atoms with Gasteiger partial charge in [0.2, 0.25) is 0 Å². The number of anilines is 1. The Kier molecular flexibility index (Phi) is 4.85. The Bertz CT molecular complexity index is 820. The highest BCUT2D eigenvalue weighted by molar-refractivity contribution is 6.11. The lowest BCUT2D eigenvalue weighted by Gasteiger charge is -2.11. The number of carbonyl (C=O) groups is 2. The standard InChI is InChI=1S/C17H11FN2O3/c18-13-7-5-11(6-8-13)9-12(10-19)16(21)20-15-4-2-1-3-14(15)17(22)23/h1-9H,(H,20,21)(H,22,23)/p-1. The predicted octanol–water partition coefficient (Wildman–Crippen LogP) is 1.73. The average Bonchev–Trinajstić information content (AvgIpc) is 2.54. The summed E-state index contributed by atoms with van der Waals surface area (Å²) in [5.74, 6) is -2.65. The second-order valence-corrected chi connectivity index (χ2v) is 4.51. The van der Waals surface area contributed by atoms with Crippen LogP contribution in [0.3, 0.4) is 0 Å². The fourth-order valence-electron chi connectivity index (χ4n) is 1.83. The van der Waals surface area contributed by atoms with Gasteiger partial charge in [-0.25, -0.2) is 4.39 Å². The molecule has 0 radical (unpaired) electrons. The Morgan fingerprint density at radius 3 is 2.39 bits per heavy atom. The van der Waals surface area contributed by atoms with Crippen molar-refractivity contribution < 1.29 is 19.1 Å². The molecule has 114 valence electrons. The Morgan fingerprint density at radius 2 is 1.78 bits per heavy atom. The molecule has 0 bridgehead atoms. The van der Waals surface area contributed by atoms with Gasteiger partial charge in [0.15, 0.2) is 0 Å². The van der Waals surface area contributed by atoms with Crippen LogP contribution in [0, 0.1) is 17.1 Å². The first-order chi connectivity index (χ1) is 11.0. The highest BCUT2D eigenvalue weighted by Gasteiger charge is 2.12. The normalized spacial score (nSPS) is 10.7. The summed E-state index contributed by atoms with van der Waals surface area (Å²) < 4.78 is 12.8. The minimum Gasteiger partial charge on any atom is -0.545 e. The number of hydrogen-bond donors (Lipinski definition) is 1. The van der Waals surface area contributed by atoms with Gasteiger partial charge in [-0.15, -0.1) is 0 Å². The maximum absolute atomic E-state index is 12.8. The van der Waals surface area contributed by atoms with Gasteiger partial charge < -0.3 is 15.2 Å². The number of para-hydroxylation sites is 1. The number of benzene rings is 2. The average molecular weight is 309 g/mol. The third-order valence-electron chi connectivity index (χ3n) is 2.94. The number of carboxylic acids is 1. The molecule has 2 aromatic carbocycles. The minimum atomic E-state index is -1.44. The fourth-order valence-corrected chi connectivity index (χ4v) is 1.83. The number of amides is 1. The van der Waals surface area contributed by atoms with Crippen LogP contribution in [0.25, 0.3) is 6.08 Å². The molecule has 2 rings (SSSR count). The molecule has 2 aromatic rings. The number of carboxylic acid groups (broad SMARTS) is 1. The molecule has 0 atom stereocenters. The van der Waals surface area contributed by atoms with E-state index in [9.17, 15) is 19.1 Å². The molecule has 0 saturated heterocycles. The monoisotopic (exact) mass is 309 g/mol. The van der Waals surface area contributed by atoms with Gasteiger partial charge in [-0.1, -0.05) is 30.3 Å². The zero-order valence-electron chi connectivity index (χ0n) is 11.7. The summed E-state index contributed by atoms with van der Waals surface area (Å²) in [6, 6.07) is 12.6. The van der Waals surface area contributed by atoms with E-state index in [0.717, 1.165) is 0 Å². The molecule has 0 aliphatic rings. The third-order valence-corrected chi connectivity index (χ3v) is 2.94. The van der Waals surface area contributed by atoms with Crippen molar-refractivity contribution in [2.45, 2.75) is 0 Å². The van der Waals surface area contributed by atoms with Crippen molar-refractivity contribution >= 4 is 23.6 Å². The molecule has 5 nitrogen and oxygen atoms in total. The third kappa shape index (κ3) is 4.02. The molecule has 0 unspecified atom stereocenters. The van der Waals surface area contributed by atoms with Gasteiger partial charge in [-0.3, -0.25) is 4.79 Å². The largest absolute Gasteiger partial charge is 0.545 e. The molecule has 0 aromatic heterocycles. The predicted molar refractivity (Wildman–Crippen MR) is 79.4 cm³/mol. The number of halogens is 1. The summed E-state index contributed by atoms with van der Waals surface area (Å²) in [4.78, 5) is 23.1. The molecule has 0 fully saturated rings.